The first-order valence-corrected chi connectivity index (χ1v) is 9.20. The second kappa shape index (κ2) is 10.2. The van der Waals surface area contributed by atoms with Crippen molar-refractivity contribution >= 4 is 11.9 Å². The van der Waals surface area contributed by atoms with Crippen molar-refractivity contribution in [2.75, 3.05) is 26.7 Å². The Kier molecular flexibility index (Phi) is 7.75. The molecule has 1 atom stereocenters. The van der Waals surface area contributed by atoms with Crippen LogP contribution >= 0.6 is 0 Å². The molecule has 3 rings (SSSR count). The van der Waals surface area contributed by atoms with Crippen LogP contribution in [0.2, 0.25) is 0 Å². The topological polar surface area (TPSA) is 111 Å². The molecule has 1 heterocycles. The van der Waals surface area contributed by atoms with Crippen LogP contribution in [0.4, 0.5) is 0 Å². The molecular weight excluding hydrogens is 372 g/mol. The minimum absolute atomic E-state index is 0.0985. The summed E-state index contributed by atoms with van der Waals surface area (Å²) in [7, 11) is 2.08. The van der Waals surface area contributed by atoms with E-state index < -0.39 is 11.9 Å². The number of hydrogen-bond acceptors (Lipinski definition) is 5. The summed E-state index contributed by atoms with van der Waals surface area (Å²) in [5, 5.41) is 23.5. The van der Waals surface area contributed by atoms with E-state index in [4.69, 9.17) is 29.8 Å². The smallest absolute Gasteiger partial charge is 0.414 e. The number of nitrogens with zero attached hydrogens (tertiary/aromatic N) is 2. The molecule has 7 nitrogen and oxygen atoms in total. The van der Waals surface area contributed by atoms with Gasteiger partial charge in [0.1, 0.15) is 12.4 Å². The molecule has 0 bridgehead atoms. The lowest BCUT2D eigenvalue weighted by molar-refractivity contribution is -0.159. The maximum atomic E-state index is 9.10. The second-order valence-electron chi connectivity index (χ2n) is 6.80. The lowest BCUT2D eigenvalue weighted by atomic mass is 9.73. The van der Waals surface area contributed by atoms with Crippen molar-refractivity contribution in [3.8, 4) is 11.8 Å². The molecule has 0 aliphatic carbocycles. The first-order valence-electron chi connectivity index (χ1n) is 9.20. The van der Waals surface area contributed by atoms with Crippen molar-refractivity contribution in [2.24, 2.45) is 0 Å². The summed E-state index contributed by atoms with van der Waals surface area (Å²) in [5.41, 5.74) is 2.48. The summed E-state index contributed by atoms with van der Waals surface area (Å²) in [6.45, 7) is 2.43. The quantitative estimate of drug-likeness (QED) is 0.722. The van der Waals surface area contributed by atoms with Crippen molar-refractivity contribution in [2.45, 2.75) is 18.3 Å². The maximum absolute atomic E-state index is 9.10. The number of carbonyl (C=O) groups is 2. The fourth-order valence-corrected chi connectivity index (χ4v) is 3.35. The molecule has 1 unspecified atom stereocenters. The minimum Gasteiger partial charge on any atom is -0.492 e. The molecule has 7 heteroatoms. The number of hydrogen-bond donors (Lipinski definition) is 2. The zero-order chi connectivity index (χ0) is 21.3. The third-order valence-corrected chi connectivity index (χ3v) is 4.91. The number of ether oxygens (including phenoxy) is 1. The van der Waals surface area contributed by atoms with Crippen molar-refractivity contribution < 1.29 is 24.5 Å². The van der Waals surface area contributed by atoms with Crippen LogP contribution in [0.5, 0.6) is 5.75 Å². The van der Waals surface area contributed by atoms with Gasteiger partial charge in [0.05, 0.1) is 11.5 Å². The van der Waals surface area contributed by atoms with E-state index in [2.05, 4.69) is 66.5 Å². The highest BCUT2D eigenvalue weighted by Gasteiger charge is 2.41. The summed E-state index contributed by atoms with van der Waals surface area (Å²) in [6.07, 6.45) is 1.55. The molecule has 0 aromatic heterocycles. The van der Waals surface area contributed by atoms with Gasteiger partial charge in [-0.2, -0.15) is 5.26 Å². The van der Waals surface area contributed by atoms with Crippen molar-refractivity contribution in [3.63, 3.8) is 0 Å². The zero-order valence-corrected chi connectivity index (χ0v) is 16.2. The Hall–Kier alpha value is -3.37. The molecular formula is C22H24N2O5. The Morgan fingerprint density at radius 1 is 1.07 bits per heavy atom. The number of benzene rings is 2. The van der Waals surface area contributed by atoms with E-state index in [0.717, 1.165) is 25.3 Å². The summed E-state index contributed by atoms with van der Waals surface area (Å²) in [6, 6.07) is 21.2. The van der Waals surface area contributed by atoms with Crippen molar-refractivity contribution in [1.82, 2.24) is 4.90 Å². The molecule has 152 valence electrons. The van der Waals surface area contributed by atoms with Crippen LogP contribution in [0.1, 0.15) is 24.0 Å². The van der Waals surface area contributed by atoms with E-state index in [1.165, 1.54) is 11.1 Å². The van der Waals surface area contributed by atoms with E-state index in [1.54, 1.807) is 0 Å². The van der Waals surface area contributed by atoms with Gasteiger partial charge in [0.15, 0.2) is 0 Å². The van der Waals surface area contributed by atoms with Crippen LogP contribution in [-0.2, 0) is 15.0 Å². The molecule has 2 N–H and O–H groups in total. The van der Waals surface area contributed by atoms with Crippen molar-refractivity contribution in [1.29, 1.82) is 5.26 Å². The molecule has 0 radical (unpaired) electrons. The average Bonchev–Trinajstić information content (AvgIpc) is 3.12. The SMILES string of the molecule is CN(CCC#N)CCC1(c2ccccc2)COc2ccccc21.O=C(O)C(=O)O. The Labute approximate surface area is 169 Å². The summed E-state index contributed by atoms with van der Waals surface area (Å²) < 4.78 is 6.01. The Morgan fingerprint density at radius 2 is 1.69 bits per heavy atom. The van der Waals surface area contributed by atoms with Gasteiger partial charge in [0.2, 0.25) is 0 Å². The zero-order valence-electron chi connectivity index (χ0n) is 16.2. The number of carboxylic acids is 2. The summed E-state index contributed by atoms with van der Waals surface area (Å²) in [5.74, 6) is -2.65. The Bertz CT molecular complexity index is 866. The van der Waals surface area contributed by atoms with E-state index in [1.807, 2.05) is 6.07 Å². The number of para-hydroxylation sites is 1. The maximum Gasteiger partial charge on any atom is 0.414 e. The van der Waals surface area contributed by atoms with Gasteiger partial charge < -0.3 is 19.8 Å². The fraction of sp³-hybridized carbons (Fsp3) is 0.318. The molecule has 0 saturated heterocycles. The molecule has 2 aromatic carbocycles. The highest BCUT2D eigenvalue weighted by atomic mass is 16.5. The number of fused-ring (bicyclic) bond motifs is 1. The highest BCUT2D eigenvalue weighted by molar-refractivity contribution is 6.27. The van der Waals surface area contributed by atoms with Crippen LogP contribution < -0.4 is 4.74 Å². The van der Waals surface area contributed by atoms with Gasteiger partial charge in [0, 0.05) is 18.5 Å². The van der Waals surface area contributed by atoms with Crippen LogP contribution in [0.15, 0.2) is 54.6 Å². The second-order valence-corrected chi connectivity index (χ2v) is 6.80. The van der Waals surface area contributed by atoms with Crippen LogP contribution in [0.3, 0.4) is 0 Å². The highest BCUT2D eigenvalue weighted by Crippen LogP contribution is 2.45. The van der Waals surface area contributed by atoms with Gasteiger partial charge in [0.25, 0.3) is 0 Å². The number of carboxylic acid groups (broad SMARTS) is 2. The van der Waals surface area contributed by atoms with Gasteiger partial charge in [-0.3, -0.25) is 0 Å². The Morgan fingerprint density at radius 3 is 2.31 bits per heavy atom. The molecule has 1 aliphatic heterocycles. The van der Waals surface area contributed by atoms with Gasteiger partial charge in [-0.15, -0.1) is 0 Å². The molecule has 0 fully saturated rings. The molecule has 2 aromatic rings. The molecule has 0 amide bonds. The van der Waals surface area contributed by atoms with Gasteiger partial charge in [-0.1, -0.05) is 48.5 Å². The van der Waals surface area contributed by atoms with Crippen LogP contribution in [0.25, 0.3) is 0 Å². The first kappa shape index (κ1) is 21.9. The van der Waals surface area contributed by atoms with E-state index >= 15 is 0 Å². The predicted molar refractivity (Wildman–Crippen MR) is 107 cm³/mol. The largest absolute Gasteiger partial charge is 0.492 e. The van der Waals surface area contributed by atoms with E-state index in [9.17, 15) is 0 Å². The number of aliphatic carboxylic acids is 2. The molecule has 29 heavy (non-hydrogen) atoms. The number of rotatable bonds is 6. The summed E-state index contributed by atoms with van der Waals surface area (Å²) >= 11 is 0. The monoisotopic (exact) mass is 396 g/mol. The standard InChI is InChI=1S/C20H22N2O.C2H2O4/c1-22(14-7-13-21)15-12-20(17-8-3-2-4-9-17)16-23-19-11-6-5-10-18(19)20;3-1(4)2(5)6/h2-6,8-11H,7,12,14-16H2,1H3;(H,3,4)(H,5,6). The van der Waals surface area contributed by atoms with E-state index in [0.29, 0.717) is 13.0 Å². The Balaban J connectivity index is 0.000000438. The van der Waals surface area contributed by atoms with Gasteiger partial charge in [-0.05, 0) is 31.6 Å². The van der Waals surface area contributed by atoms with Gasteiger partial charge >= 0.3 is 11.9 Å². The van der Waals surface area contributed by atoms with E-state index in [-0.39, 0.29) is 5.41 Å². The molecule has 1 aliphatic rings. The average molecular weight is 396 g/mol. The third-order valence-electron chi connectivity index (χ3n) is 4.91. The summed E-state index contributed by atoms with van der Waals surface area (Å²) in [4.78, 5) is 20.4. The van der Waals surface area contributed by atoms with Crippen LogP contribution in [0, 0.1) is 11.3 Å². The number of nitriles is 1. The molecule has 0 spiro atoms. The third kappa shape index (κ3) is 5.56. The van der Waals surface area contributed by atoms with Gasteiger partial charge in [-0.25, -0.2) is 9.59 Å². The fourth-order valence-electron chi connectivity index (χ4n) is 3.35. The predicted octanol–water partition coefficient (Wildman–Crippen LogP) is 2.76. The van der Waals surface area contributed by atoms with Crippen molar-refractivity contribution in [3.05, 3.63) is 65.7 Å². The van der Waals surface area contributed by atoms with Crippen LogP contribution in [-0.4, -0.2) is 53.8 Å². The normalized spacial score (nSPS) is 16.7. The first-order chi connectivity index (χ1) is 13.9. The lowest BCUT2D eigenvalue weighted by Gasteiger charge is -2.31. The lowest BCUT2D eigenvalue weighted by Crippen LogP contribution is -2.34. The molecule has 0 saturated carbocycles. The minimum atomic E-state index is -1.82.